The zero-order chi connectivity index (χ0) is 26.9. The lowest BCUT2D eigenvalue weighted by molar-refractivity contribution is 0.0953. The van der Waals surface area contributed by atoms with Crippen LogP contribution in [-0.4, -0.2) is 113 Å². The van der Waals surface area contributed by atoms with Crippen molar-refractivity contribution < 1.29 is 25.5 Å². The van der Waals surface area contributed by atoms with E-state index in [0.29, 0.717) is 27.0 Å². The highest BCUT2D eigenvalue weighted by atomic mass is 35.5. The van der Waals surface area contributed by atoms with Gasteiger partial charge in [-0.3, -0.25) is 0 Å². The summed E-state index contributed by atoms with van der Waals surface area (Å²) in [6.45, 7) is 7.61. The van der Waals surface area contributed by atoms with Gasteiger partial charge < -0.3 is 45.4 Å². The molecule has 0 saturated carbocycles. The zero-order valence-electron chi connectivity index (χ0n) is 21.2. The minimum Gasteiger partial charge on any atom is -0.437 e. The van der Waals surface area contributed by atoms with Crippen molar-refractivity contribution in [1.82, 2.24) is 20.1 Å². The second-order valence-corrected chi connectivity index (χ2v) is 9.75. The lowest BCUT2D eigenvalue weighted by Crippen LogP contribution is -2.51. The maximum absolute atomic E-state index is 9.55. The fourth-order valence-electron chi connectivity index (χ4n) is 4.12. The highest BCUT2D eigenvalue weighted by molar-refractivity contribution is 6.45. The van der Waals surface area contributed by atoms with Crippen molar-refractivity contribution in [2.45, 2.75) is 33.9 Å². The molecule has 2 saturated heterocycles. The summed E-state index contributed by atoms with van der Waals surface area (Å²) in [5, 5.41) is 50.6. The molecule has 2 atom stereocenters. The molecule has 6 N–H and O–H groups in total. The topological polar surface area (TPSA) is 149 Å². The van der Waals surface area contributed by atoms with E-state index >= 15 is 0 Å². The van der Waals surface area contributed by atoms with E-state index in [4.69, 9.17) is 33.4 Å². The van der Waals surface area contributed by atoms with Gasteiger partial charge in [0.05, 0.1) is 23.3 Å². The molecule has 2 aliphatic rings. The van der Waals surface area contributed by atoms with E-state index in [0.717, 1.165) is 58.2 Å². The average Bonchev–Trinajstić information content (AvgIpc) is 2.93. The quantitative estimate of drug-likeness (QED) is 0.251. The highest BCUT2D eigenvalue weighted by Gasteiger charge is 2.24. The Labute approximate surface area is 254 Å². The molecule has 228 valence electrons. The first-order valence-corrected chi connectivity index (χ1v) is 13.0. The molecule has 2 aliphatic heterocycles. The summed E-state index contributed by atoms with van der Waals surface area (Å²) in [5.41, 5.74) is 1.04. The smallest absolute Gasteiger partial charge is 0.376 e. The lowest BCUT2D eigenvalue weighted by Gasteiger charge is -2.36. The van der Waals surface area contributed by atoms with Gasteiger partial charge in [0.15, 0.2) is 0 Å². The Morgan fingerprint density at radius 2 is 1.23 bits per heavy atom. The Bertz CT molecular complexity index is 1000. The molecule has 2 aromatic heterocycles. The van der Waals surface area contributed by atoms with Gasteiger partial charge in [0.25, 0.3) is 0 Å². The van der Waals surface area contributed by atoms with Gasteiger partial charge in [-0.1, -0.05) is 38.1 Å². The van der Waals surface area contributed by atoms with E-state index in [-0.39, 0.29) is 40.5 Å². The molecule has 0 radical (unpaired) electrons. The summed E-state index contributed by atoms with van der Waals surface area (Å²) in [5.74, 6) is 1.41. The monoisotopic (exact) mass is 624 g/mol. The molecule has 15 heteroatoms. The van der Waals surface area contributed by atoms with Gasteiger partial charge in [0.2, 0.25) is 0 Å². The van der Waals surface area contributed by atoms with Crippen LogP contribution in [0.15, 0.2) is 24.5 Å². The molecule has 0 amide bonds. The number of aromatic nitrogens is 2. The van der Waals surface area contributed by atoms with Crippen LogP contribution < -0.4 is 15.1 Å². The van der Waals surface area contributed by atoms with Crippen molar-refractivity contribution >= 4 is 54.3 Å². The Morgan fingerprint density at radius 3 is 1.57 bits per heavy atom. The summed E-state index contributed by atoms with van der Waals surface area (Å²) >= 11 is 12.3. The first-order valence-electron chi connectivity index (χ1n) is 12.3. The number of hydrogen-bond donors (Lipinski definition) is 6. The molecule has 4 heterocycles. The molecule has 0 aromatic carbocycles. The SMILES string of the molecule is C.C.CB(O)N1CCN(c2ncc([C@H](O)CO)cc2Cl)CC1.Cl.OC[C@@H](O)c1cnc(N2CCNCC2)c(Cl)c1. The van der Waals surface area contributed by atoms with E-state index in [1.807, 2.05) is 4.81 Å². The van der Waals surface area contributed by atoms with Crippen LogP contribution in [0.2, 0.25) is 16.9 Å². The highest BCUT2D eigenvalue weighted by Crippen LogP contribution is 2.28. The first kappa shape index (κ1) is 38.6. The Hall–Kier alpha value is -1.45. The molecule has 2 fully saturated rings. The van der Waals surface area contributed by atoms with Crippen molar-refractivity contribution in [3.63, 3.8) is 0 Å². The minimum atomic E-state index is -0.957. The van der Waals surface area contributed by atoms with Gasteiger partial charge in [0.1, 0.15) is 23.8 Å². The van der Waals surface area contributed by atoms with Crippen LogP contribution >= 0.6 is 35.6 Å². The van der Waals surface area contributed by atoms with Crippen molar-refractivity contribution in [2.24, 2.45) is 0 Å². The Kier molecular flexibility index (Phi) is 18.2. The fraction of sp³-hybridized carbons (Fsp3) is 0.600. The number of aliphatic hydroxyl groups excluding tert-OH is 4. The third-order valence-corrected chi connectivity index (χ3v) is 6.92. The molecule has 40 heavy (non-hydrogen) atoms. The number of hydrogen-bond acceptors (Lipinski definition) is 11. The second-order valence-electron chi connectivity index (χ2n) is 8.94. The van der Waals surface area contributed by atoms with Gasteiger partial charge in [0, 0.05) is 75.9 Å². The fourth-order valence-corrected chi connectivity index (χ4v) is 4.70. The molecular formula is C25H44BCl3N6O5. The van der Waals surface area contributed by atoms with Gasteiger partial charge in [-0.2, -0.15) is 0 Å². The standard InChI is InChI=1S/C12H19BClN3O3.C11H16ClN3O2.2CH4.ClH/c1-13(20)17-4-2-16(3-5-17)12-10(14)6-9(7-15-12)11(19)8-18;12-9-5-8(10(17)7-16)6-14-11(9)15-3-1-13-2-4-15;;;/h6-7,11,18-20H,2-5,8H2,1H3;5-6,10,13,16-17H,1-4,7H2;2*1H4;1H/t11-;10-;;;/m11.../s1. The lowest BCUT2D eigenvalue weighted by atomic mass is 9.84. The van der Waals surface area contributed by atoms with Gasteiger partial charge >= 0.3 is 7.05 Å². The summed E-state index contributed by atoms with van der Waals surface area (Å²) in [7, 11) is -0.442. The first-order chi connectivity index (χ1) is 17.7. The van der Waals surface area contributed by atoms with Crippen LogP contribution in [0.3, 0.4) is 0 Å². The number of piperazine rings is 2. The minimum absolute atomic E-state index is 0. The van der Waals surface area contributed by atoms with E-state index in [9.17, 15) is 15.2 Å². The molecule has 0 unspecified atom stereocenters. The number of aliphatic hydroxyl groups is 4. The molecule has 2 aromatic rings. The number of nitrogens with one attached hydrogen (secondary N) is 1. The van der Waals surface area contributed by atoms with E-state index in [1.165, 1.54) is 6.20 Å². The van der Waals surface area contributed by atoms with E-state index in [1.54, 1.807) is 25.2 Å². The van der Waals surface area contributed by atoms with Crippen LogP contribution in [-0.2, 0) is 0 Å². The molecular weight excluding hydrogens is 581 g/mol. The normalized spacial score (nSPS) is 16.8. The number of pyridine rings is 2. The van der Waals surface area contributed by atoms with Crippen molar-refractivity contribution in [1.29, 1.82) is 0 Å². The predicted octanol–water partition coefficient (Wildman–Crippen LogP) is 1.86. The van der Waals surface area contributed by atoms with Crippen LogP contribution in [0.4, 0.5) is 11.6 Å². The van der Waals surface area contributed by atoms with Crippen molar-refractivity contribution in [3.8, 4) is 0 Å². The second kappa shape index (κ2) is 18.9. The summed E-state index contributed by atoms with van der Waals surface area (Å²) < 4.78 is 0. The van der Waals surface area contributed by atoms with Crippen molar-refractivity contribution in [3.05, 3.63) is 45.7 Å². The maximum Gasteiger partial charge on any atom is 0.376 e. The summed E-state index contributed by atoms with van der Waals surface area (Å²) in [6.07, 6.45) is 1.21. The van der Waals surface area contributed by atoms with E-state index in [2.05, 4.69) is 25.1 Å². The van der Waals surface area contributed by atoms with Gasteiger partial charge in [-0.15, -0.1) is 12.4 Å². The Balaban J connectivity index is 0.000000715. The molecule has 0 aliphatic carbocycles. The molecule has 0 spiro atoms. The maximum atomic E-state index is 9.55. The summed E-state index contributed by atoms with van der Waals surface area (Å²) in [6, 6.07) is 3.29. The largest absolute Gasteiger partial charge is 0.437 e. The number of halogens is 3. The average molecular weight is 626 g/mol. The number of anilines is 2. The van der Waals surface area contributed by atoms with Gasteiger partial charge in [-0.25, -0.2) is 9.97 Å². The van der Waals surface area contributed by atoms with Crippen LogP contribution in [0.25, 0.3) is 0 Å². The van der Waals surface area contributed by atoms with Crippen LogP contribution in [0, 0.1) is 0 Å². The van der Waals surface area contributed by atoms with E-state index < -0.39 is 19.3 Å². The van der Waals surface area contributed by atoms with Gasteiger partial charge in [-0.05, 0) is 19.0 Å². The third-order valence-electron chi connectivity index (χ3n) is 6.36. The van der Waals surface area contributed by atoms with Crippen LogP contribution in [0.5, 0.6) is 0 Å². The number of rotatable bonds is 7. The number of nitrogens with zero attached hydrogens (tertiary/aromatic N) is 5. The molecule has 0 bridgehead atoms. The third kappa shape index (κ3) is 10.4. The molecule has 11 nitrogen and oxygen atoms in total. The van der Waals surface area contributed by atoms with Crippen molar-refractivity contribution in [2.75, 3.05) is 75.4 Å². The van der Waals surface area contributed by atoms with Crippen LogP contribution in [0.1, 0.15) is 38.2 Å². The summed E-state index contributed by atoms with van der Waals surface area (Å²) in [4.78, 5) is 14.7. The Morgan fingerprint density at radius 1 is 0.825 bits per heavy atom. The predicted molar refractivity (Wildman–Crippen MR) is 166 cm³/mol. The molecule has 4 rings (SSSR count). The zero-order valence-corrected chi connectivity index (χ0v) is 23.6.